The molecule has 0 aromatic carbocycles. The van der Waals surface area contributed by atoms with Crippen LogP contribution in [0.25, 0.3) is 5.65 Å². The van der Waals surface area contributed by atoms with Gasteiger partial charge in [-0.15, -0.1) is 0 Å². The van der Waals surface area contributed by atoms with E-state index in [1.54, 1.807) is 12.3 Å². The molecule has 160 valence electrons. The molecule has 2 amide bonds. The van der Waals surface area contributed by atoms with Gasteiger partial charge in [-0.2, -0.15) is 23.4 Å². The van der Waals surface area contributed by atoms with Crippen LogP contribution >= 0.6 is 0 Å². The van der Waals surface area contributed by atoms with Gasteiger partial charge in [0.1, 0.15) is 6.33 Å². The number of imidazole rings is 1. The summed E-state index contributed by atoms with van der Waals surface area (Å²) in [5.74, 6) is -0.886. The fourth-order valence-corrected chi connectivity index (χ4v) is 2.61. The molecular formula is C17H19F3N8O2. The Balaban J connectivity index is 1.56. The summed E-state index contributed by atoms with van der Waals surface area (Å²) in [5, 5.41) is 13.2. The molecule has 0 radical (unpaired) electrons. The molecule has 3 rings (SSSR count). The number of carbonyl (C=O) groups is 2. The van der Waals surface area contributed by atoms with Crippen molar-refractivity contribution < 1.29 is 22.8 Å². The van der Waals surface area contributed by atoms with Crippen LogP contribution in [-0.2, 0) is 24.4 Å². The fourth-order valence-electron chi connectivity index (χ4n) is 2.61. The Morgan fingerprint density at radius 2 is 1.97 bits per heavy atom. The molecule has 10 nitrogen and oxygen atoms in total. The number of alkyl halides is 3. The van der Waals surface area contributed by atoms with E-state index in [0.29, 0.717) is 23.4 Å². The normalized spacial score (nSPS) is 11.6. The predicted octanol–water partition coefficient (Wildman–Crippen LogP) is 1.23. The van der Waals surface area contributed by atoms with Crippen LogP contribution in [-0.4, -0.2) is 47.4 Å². The van der Waals surface area contributed by atoms with Crippen LogP contribution < -0.4 is 10.6 Å². The second-order valence-electron chi connectivity index (χ2n) is 6.37. The Morgan fingerprint density at radius 3 is 2.70 bits per heavy atom. The summed E-state index contributed by atoms with van der Waals surface area (Å²) in [6, 6.07) is 1.65. The molecule has 3 heterocycles. The number of carbonyl (C=O) groups excluding carboxylic acids is 2. The largest absolute Gasteiger partial charge is 0.389 e. The number of nitrogens with one attached hydrogen (secondary N) is 2. The number of aryl methyl sites for hydroxylation is 1. The zero-order valence-electron chi connectivity index (χ0n) is 16.0. The van der Waals surface area contributed by atoms with Crippen LogP contribution in [0.3, 0.4) is 0 Å². The molecule has 0 spiro atoms. The molecular weight excluding hydrogens is 405 g/mol. The van der Waals surface area contributed by atoms with Gasteiger partial charge < -0.3 is 10.6 Å². The van der Waals surface area contributed by atoms with Crippen LogP contribution in [0, 0.1) is 0 Å². The molecule has 0 aliphatic rings. The molecule has 0 fully saturated rings. The van der Waals surface area contributed by atoms with Gasteiger partial charge in [0.25, 0.3) is 5.91 Å². The zero-order chi connectivity index (χ0) is 21.7. The third-order valence-electron chi connectivity index (χ3n) is 4.10. The molecule has 13 heteroatoms. The number of fused-ring (bicyclic) bond motifs is 1. The first-order valence-corrected chi connectivity index (χ1v) is 9.08. The minimum absolute atomic E-state index is 0.0335. The lowest BCUT2D eigenvalue weighted by Gasteiger charge is -2.07. The van der Waals surface area contributed by atoms with Crippen LogP contribution in [0.15, 0.2) is 24.8 Å². The minimum atomic E-state index is -4.37. The topological polar surface area (TPSA) is 119 Å². The fraction of sp³-hybridized carbons (Fsp3) is 0.412. The Labute approximate surface area is 168 Å². The standard InChI is InChI=1S/C17H19F3N8O2/c1-2-27-15(23-10-25-27)16(30)22-8-12-9-28-13(26-12)5-11(7-24-28)6-21-14(29)3-4-17(18,19)20/h5,7,9-10H,2-4,6,8H2,1H3,(H,21,29)(H,22,30). The zero-order valence-corrected chi connectivity index (χ0v) is 16.0. The SMILES string of the molecule is CCn1ncnc1C(=O)NCc1cn2ncc(CNC(=O)CCC(F)(F)F)cc2n1. The van der Waals surface area contributed by atoms with Crippen LogP contribution in [0.5, 0.6) is 0 Å². The summed E-state index contributed by atoms with van der Waals surface area (Å²) in [5.41, 5.74) is 1.60. The molecule has 3 aromatic rings. The number of halogens is 3. The number of nitrogens with zero attached hydrogens (tertiary/aromatic N) is 6. The average molecular weight is 424 g/mol. The summed E-state index contributed by atoms with van der Waals surface area (Å²) < 4.78 is 39.4. The van der Waals surface area contributed by atoms with E-state index in [2.05, 4.69) is 30.8 Å². The number of hydrogen-bond donors (Lipinski definition) is 2. The van der Waals surface area contributed by atoms with E-state index < -0.39 is 24.9 Å². The molecule has 0 unspecified atom stereocenters. The molecule has 0 atom stereocenters. The van der Waals surface area contributed by atoms with Crippen molar-refractivity contribution in [3.63, 3.8) is 0 Å². The van der Waals surface area contributed by atoms with Gasteiger partial charge in [-0.3, -0.25) is 9.59 Å². The highest BCUT2D eigenvalue weighted by Crippen LogP contribution is 2.21. The van der Waals surface area contributed by atoms with Crippen molar-refractivity contribution in [3.8, 4) is 0 Å². The van der Waals surface area contributed by atoms with Crippen molar-refractivity contribution in [2.75, 3.05) is 0 Å². The van der Waals surface area contributed by atoms with Crippen molar-refractivity contribution in [2.45, 2.75) is 45.6 Å². The first-order chi connectivity index (χ1) is 14.2. The number of amides is 2. The summed E-state index contributed by atoms with van der Waals surface area (Å²) in [4.78, 5) is 32.0. The molecule has 0 aliphatic carbocycles. The van der Waals surface area contributed by atoms with E-state index in [0.717, 1.165) is 0 Å². The highest BCUT2D eigenvalue weighted by atomic mass is 19.4. The van der Waals surface area contributed by atoms with Gasteiger partial charge in [0.15, 0.2) is 5.65 Å². The van der Waals surface area contributed by atoms with E-state index in [1.165, 1.54) is 21.7 Å². The quantitative estimate of drug-likeness (QED) is 0.561. The van der Waals surface area contributed by atoms with Gasteiger partial charge in [-0.1, -0.05) is 0 Å². The van der Waals surface area contributed by atoms with E-state index in [-0.39, 0.29) is 24.8 Å². The monoisotopic (exact) mass is 424 g/mol. The lowest BCUT2D eigenvalue weighted by atomic mass is 10.2. The van der Waals surface area contributed by atoms with Crippen LogP contribution in [0.1, 0.15) is 41.6 Å². The highest BCUT2D eigenvalue weighted by Gasteiger charge is 2.27. The molecule has 30 heavy (non-hydrogen) atoms. The van der Waals surface area contributed by atoms with Gasteiger partial charge in [-0.05, 0) is 18.6 Å². The van der Waals surface area contributed by atoms with E-state index >= 15 is 0 Å². The van der Waals surface area contributed by atoms with E-state index in [4.69, 9.17) is 0 Å². The van der Waals surface area contributed by atoms with Gasteiger partial charge in [0.05, 0.1) is 31.1 Å². The Bertz CT molecular complexity index is 1040. The minimum Gasteiger partial charge on any atom is -0.352 e. The molecule has 0 saturated carbocycles. The lowest BCUT2D eigenvalue weighted by molar-refractivity contribution is -0.144. The Hall–Kier alpha value is -3.51. The lowest BCUT2D eigenvalue weighted by Crippen LogP contribution is -2.26. The Morgan fingerprint density at radius 1 is 1.17 bits per heavy atom. The maximum Gasteiger partial charge on any atom is 0.389 e. The average Bonchev–Trinajstić information content (AvgIpc) is 3.34. The second kappa shape index (κ2) is 8.88. The smallest absolute Gasteiger partial charge is 0.352 e. The van der Waals surface area contributed by atoms with Crippen molar-refractivity contribution in [1.29, 1.82) is 0 Å². The molecule has 0 bridgehead atoms. The number of aromatic nitrogens is 6. The van der Waals surface area contributed by atoms with Crippen molar-refractivity contribution in [1.82, 2.24) is 40.0 Å². The molecule has 0 saturated heterocycles. The third kappa shape index (κ3) is 5.52. The summed E-state index contributed by atoms with van der Waals surface area (Å²) in [7, 11) is 0. The van der Waals surface area contributed by atoms with Crippen molar-refractivity contribution in [2.24, 2.45) is 0 Å². The number of rotatable bonds is 8. The second-order valence-corrected chi connectivity index (χ2v) is 6.37. The van der Waals surface area contributed by atoms with Gasteiger partial charge in [0, 0.05) is 19.5 Å². The highest BCUT2D eigenvalue weighted by molar-refractivity contribution is 5.90. The first-order valence-electron chi connectivity index (χ1n) is 9.08. The van der Waals surface area contributed by atoms with E-state index in [9.17, 15) is 22.8 Å². The van der Waals surface area contributed by atoms with Crippen LogP contribution in [0.4, 0.5) is 13.2 Å². The van der Waals surface area contributed by atoms with Crippen LogP contribution in [0.2, 0.25) is 0 Å². The maximum absolute atomic E-state index is 12.2. The summed E-state index contributed by atoms with van der Waals surface area (Å²) in [6.07, 6.45) is -1.75. The van der Waals surface area contributed by atoms with Crippen molar-refractivity contribution >= 4 is 17.5 Å². The third-order valence-corrected chi connectivity index (χ3v) is 4.10. The molecule has 0 aliphatic heterocycles. The Kier molecular flexibility index (Phi) is 6.28. The van der Waals surface area contributed by atoms with E-state index in [1.807, 2.05) is 6.92 Å². The molecule has 3 aromatic heterocycles. The van der Waals surface area contributed by atoms with Gasteiger partial charge >= 0.3 is 6.18 Å². The first kappa shape index (κ1) is 21.2. The summed E-state index contributed by atoms with van der Waals surface area (Å²) in [6.45, 7) is 2.53. The summed E-state index contributed by atoms with van der Waals surface area (Å²) >= 11 is 0. The van der Waals surface area contributed by atoms with Gasteiger partial charge in [0.2, 0.25) is 11.7 Å². The van der Waals surface area contributed by atoms with Crippen molar-refractivity contribution in [3.05, 3.63) is 41.9 Å². The maximum atomic E-state index is 12.2. The predicted molar refractivity (Wildman–Crippen MR) is 97.0 cm³/mol. The molecule has 2 N–H and O–H groups in total. The number of hydrogen-bond acceptors (Lipinski definition) is 6. The van der Waals surface area contributed by atoms with Gasteiger partial charge in [-0.25, -0.2) is 19.2 Å².